The Morgan fingerprint density at radius 2 is 1.97 bits per heavy atom. The van der Waals surface area contributed by atoms with Crippen LogP contribution in [-0.2, 0) is 4.74 Å². The molecular weight excluding hydrogens is 382 g/mol. The molecule has 2 aromatic rings. The first-order valence-corrected chi connectivity index (χ1v) is 9.81. The largest absolute Gasteiger partial charge is 0.394 e. The molecule has 12 nitrogen and oxygen atoms in total. The molecule has 2 saturated heterocycles. The normalized spacial score (nSPS) is 28.7. The highest BCUT2D eigenvalue weighted by Crippen LogP contribution is 2.35. The number of nitrogen functional groups attached to an aromatic ring is 1. The van der Waals surface area contributed by atoms with Gasteiger partial charge in [0.15, 0.2) is 17.4 Å². The van der Waals surface area contributed by atoms with Crippen LogP contribution in [0.3, 0.4) is 0 Å². The highest BCUT2D eigenvalue weighted by atomic mass is 16.6. The van der Waals surface area contributed by atoms with Gasteiger partial charge >= 0.3 is 0 Å². The summed E-state index contributed by atoms with van der Waals surface area (Å²) in [5, 5.41) is 30.2. The highest BCUT2D eigenvalue weighted by Gasteiger charge is 2.45. The molecule has 0 saturated carbocycles. The molecule has 0 spiro atoms. The van der Waals surface area contributed by atoms with Gasteiger partial charge in [0.2, 0.25) is 11.9 Å². The summed E-state index contributed by atoms with van der Waals surface area (Å²) in [7, 11) is 0. The lowest BCUT2D eigenvalue weighted by Crippen LogP contribution is -3.17. The number of ether oxygens (including phenoxy) is 1. The molecule has 2 aliphatic rings. The van der Waals surface area contributed by atoms with E-state index >= 15 is 0 Å². The van der Waals surface area contributed by atoms with Crippen LogP contribution in [0.15, 0.2) is 4.79 Å². The molecule has 2 fully saturated rings. The van der Waals surface area contributed by atoms with Gasteiger partial charge in [-0.3, -0.25) is 14.3 Å². The molecule has 0 radical (unpaired) electrons. The molecule has 4 rings (SSSR count). The SMILES string of the molecule is CC(C)[NH+]1CCN(c2nc3c(=O)[nH]c(N)nc3n2[C@@H]2O[C@@H](CO)[C@@H](O)[C@@H]2O)CC1. The van der Waals surface area contributed by atoms with Crippen molar-refractivity contribution >= 4 is 23.1 Å². The number of nitrogens with two attached hydrogens (primary N) is 1. The van der Waals surface area contributed by atoms with Crippen molar-refractivity contribution in [1.82, 2.24) is 19.5 Å². The van der Waals surface area contributed by atoms with Gasteiger partial charge in [-0.25, -0.2) is 4.98 Å². The number of fused-ring (bicyclic) bond motifs is 1. The minimum absolute atomic E-state index is 0.0746. The van der Waals surface area contributed by atoms with Crippen molar-refractivity contribution in [2.24, 2.45) is 0 Å². The summed E-state index contributed by atoms with van der Waals surface area (Å²) >= 11 is 0. The Morgan fingerprint density at radius 1 is 1.28 bits per heavy atom. The van der Waals surface area contributed by atoms with Crippen molar-refractivity contribution < 1.29 is 25.0 Å². The van der Waals surface area contributed by atoms with Crippen LogP contribution in [0.1, 0.15) is 20.1 Å². The molecule has 2 aromatic heterocycles. The van der Waals surface area contributed by atoms with Crippen molar-refractivity contribution in [2.45, 2.75) is 44.4 Å². The molecule has 160 valence electrons. The number of nitrogens with zero attached hydrogens (tertiary/aromatic N) is 4. The smallest absolute Gasteiger partial charge is 0.280 e. The standard InChI is InChI=1S/C17H27N7O5/c1-8(2)22-3-5-23(6-4-22)17-19-10-13(20-16(18)21-14(10)28)24(17)15-12(27)11(26)9(7-25)29-15/h8-9,11-12,15,25-27H,3-7H2,1-2H3,(H3,18,20,21,28)/p+1/t9-,11+,12-,15+/m0/s1. The molecular formula is C17H28N7O5+. The average molecular weight is 410 g/mol. The Morgan fingerprint density at radius 3 is 2.55 bits per heavy atom. The van der Waals surface area contributed by atoms with E-state index < -0.39 is 36.7 Å². The Bertz CT molecular complexity index is 936. The summed E-state index contributed by atoms with van der Waals surface area (Å²) in [6.07, 6.45) is -4.63. The number of piperazine rings is 1. The highest BCUT2D eigenvalue weighted by molar-refractivity contribution is 5.75. The second-order valence-electron chi connectivity index (χ2n) is 7.93. The zero-order chi connectivity index (χ0) is 20.9. The third kappa shape index (κ3) is 3.36. The Hall–Kier alpha value is -2.25. The molecule has 0 aromatic carbocycles. The third-order valence-corrected chi connectivity index (χ3v) is 5.83. The molecule has 0 unspecified atom stereocenters. The average Bonchev–Trinajstić information content (AvgIpc) is 3.20. The van der Waals surface area contributed by atoms with Gasteiger partial charge in [-0.05, 0) is 13.8 Å². The number of nitrogens with one attached hydrogen (secondary N) is 2. The fourth-order valence-corrected chi connectivity index (χ4v) is 4.11. The number of aromatic amines is 1. The lowest BCUT2D eigenvalue weighted by Gasteiger charge is -2.35. The maximum atomic E-state index is 12.4. The van der Waals surface area contributed by atoms with Gasteiger partial charge in [0.1, 0.15) is 18.3 Å². The number of hydrogen-bond donors (Lipinski definition) is 6. The van der Waals surface area contributed by atoms with Crippen molar-refractivity contribution in [1.29, 1.82) is 0 Å². The quantitative estimate of drug-likeness (QED) is 0.299. The second-order valence-corrected chi connectivity index (χ2v) is 7.93. The van der Waals surface area contributed by atoms with Crippen LogP contribution >= 0.6 is 0 Å². The van der Waals surface area contributed by atoms with Crippen molar-refractivity contribution in [3.63, 3.8) is 0 Å². The number of H-pyrrole nitrogens is 1. The van der Waals surface area contributed by atoms with Crippen LogP contribution in [0.2, 0.25) is 0 Å². The number of aliphatic hydroxyl groups excluding tert-OH is 3. The Kier molecular flexibility index (Phi) is 5.21. The minimum Gasteiger partial charge on any atom is -0.394 e. The van der Waals surface area contributed by atoms with Gasteiger partial charge in [0, 0.05) is 0 Å². The van der Waals surface area contributed by atoms with Gasteiger partial charge in [0.25, 0.3) is 5.56 Å². The van der Waals surface area contributed by atoms with Gasteiger partial charge in [0.05, 0.1) is 38.8 Å². The third-order valence-electron chi connectivity index (χ3n) is 5.83. The maximum Gasteiger partial charge on any atom is 0.280 e. The number of imidazole rings is 1. The van der Waals surface area contributed by atoms with Crippen LogP contribution in [-0.4, -0.2) is 92.0 Å². The topological polar surface area (TPSA) is 167 Å². The van der Waals surface area contributed by atoms with Crippen LogP contribution < -0.4 is 21.1 Å². The molecule has 2 aliphatic heterocycles. The summed E-state index contributed by atoms with van der Waals surface area (Å²) in [4.78, 5) is 27.0. The molecule has 0 bridgehead atoms. The second kappa shape index (κ2) is 7.54. The molecule has 7 N–H and O–H groups in total. The van der Waals surface area contributed by atoms with E-state index in [1.807, 2.05) is 4.90 Å². The van der Waals surface area contributed by atoms with Crippen LogP contribution in [0, 0.1) is 0 Å². The van der Waals surface area contributed by atoms with Crippen molar-refractivity contribution in [3.05, 3.63) is 10.4 Å². The zero-order valence-corrected chi connectivity index (χ0v) is 16.4. The molecule has 4 heterocycles. The predicted octanol–water partition coefficient (Wildman–Crippen LogP) is -3.57. The van der Waals surface area contributed by atoms with Crippen molar-refractivity contribution in [2.75, 3.05) is 43.4 Å². The van der Waals surface area contributed by atoms with E-state index in [2.05, 4.69) is 28.8 Å². The van der Waals surface area contributed by atoms with E-state index in [1.165, 1.54) is 9.47 Å². The summed E-state index contributed by atoms with van der Waals surface area (Å²) in [5.74, 6) is 0.331. The van der Waals surface area contributed by atoms with E-state index in [1.54, 1.807) is 0 Å². The van der Waals surface area contributed by atoms with Gasteiger partial charge < -0.3 is 35.6 Å². The summed E-state index contributed by atoms with van der Waals surface area (Å²) in [6, 6.07) is 0.501. The Balaban J connectivity index is 1.79. The van der Waals surface area contributed by atoms with E-state index in [0.717, 1.165) is 13.1 Å². The fraction of sp³-hybridized carbons (Fsp3) is 0.706. The first-order valence-electron chi connectivity index (χ1n) is 9.81. The van der Waals surface area contributed by atoms with Gasteiger partial charge in [-0.1, -0.05) is 0 Å². The maximum absolute atomic E-state index is 12.4. The number of aliphatic hydroxyl groups is 3. The monoisotopic (exact) mass is 410 g/mol. The van der Waals surface area contributed by atoms with Crippen LogP contribution in [0.4, 0.5) is 11.9 Å². The van der Waals surface area contributed by atoms with Crippen molar-refractivity contribution in [3.8, 4) is 0 Å². The molecule has 0 aliphatic carbocycles. The van der Waals surface area contributed by atoms with E-state index in [-0.39, 0.29) is 17.1 Å². The number of rotatable bonds is 4. The minimum atomic E-state index is -1.33. The molecule has 12 heteroatoms. The number of hydrogen-bond acceptors (Lipinski definition) is 9. The Labute approximate surface area is 166 Å². The summed E-state index contributed by atoms with van der Waals surface area (Å²) in [5.41, 5.74) is 5.47. The fourth-order valence-electron chi connectivity index (χ4n) is 4.11. The molecule has 0 amide bonds. The van der Waals surface area contributed by atoms with Crippen LogP contribution in [0.25, 0.3) is 11.2 Å². The zero-order valence-electron chi connectivity index (χ0n) is 16.4. The van der Waals surface area contributed by atoms with Gasteiger partial charge in [-0.2, -0.15) is 4.98 Å². The lowest BCUT2D eigenvalue weighted by atomic mass is 10.1. The predicted molar refractivity (Wildman–Crippen MR) is 104 cm³/mol. The lowest BCUT2D eigenvalue weighted by molar-refractivity contribution is -0.922. The van der Waals surface area contributed by atoms with Gasteiger partial charge in [-0.15, -0.1) is 0 Å². The van der Waals surface area contributed by atoms with E-state index in [4.69, 9.17) is 10.5 Å². The summed E-state index contributed by atoms with van der Waals surface area (Å²) < 4.78 is 7.21. The number of aromatic nitrogens is 4. The first kappa shape index (κ1) is 20.0. The number of anilines is 2. The molecule has 29 heavy (non-hydrogen) atoms. The van der Waals surface area contributed by atoms with E-state index in [0.29, 0.717) is 25.1 Å². The first-order chi connectivity index (χ1) is 13.8. The summed E-state index contributed by atoms with van der Waals surface area (Å²) in [6.45, 7) is 7.06. The molecule has 4 atom stereocenters. The number of quaternary nitrogens is 1. The van der Waals surface area contributed by atoms with E-state index in [9.17, 15) is 20.1 Å². The van der Waals surface area contributed by atoms with Crippen LogP contribution in [0.5, 0.6) is 0 Å².